The van der Waals surface area contributed by atoms with Crippen LogP contribution in [-0.4, -0.2) is 11.4 Å². The Bertz CT molecular complexity index is 330. The molecule has 1 rings (SSSR count). The molecule has 0 aliphatic carbocycles. The van der Waals surface area contributed by atoms with Crippen molar-refractivity contribution in [2.75, 3.05) is 5.88 Å². The summed E-state index contributed by atoms with van der Waals surface area (Å²) < 4.78 is 0. The van der Waals surface area contributed by atoms with E-state index in [9.17, 15) is 0 Å². The van der Waals surface area contributed by atoms with Crippen LogP contribution >= 0.6 is 34.8 Å². The first kappa shape index (κ1) is 14.1. The predicted octanol–water partition coefficient (Wildman–Crippen LogP) is 4.49. The summed E-state index contributed by atoms with van der Waals surface area (Å²) in [6, 6.07) is 5.54. The smallest absolute Gasteiger partial charge is 0.0465 e. The average Bonchev–Trinajstić information content (AvgIpc) is 2.16. The van der Waals surface area contributed by atoms with Gasteiger partial charge in [-0.3, -0.25) is 0 Å². The molecule has 0 heterocycles. The quantitative estimate of drug-likeness (QED) is 0.784. The summed E-state index contributed by atoms with van der Waals surface area (Å²) in [5, 5.41) is 4.80. The van der Waals surface area contributed by atoms with Gasteiger partial charge in [-0.15, -0.1) is 11.6 Å². The molecule has 0 amide bonds. The van der Waals surface area contributed by atoms with Crippen molar-refractivity contribution >= 4 is 34.8 Å². The van der Waals surface area contributed by atoms with Gasteiger partial charge in [0.2, 0.25) is 0 Å². The molecule has 0 spiro atoms. The summed E-state index contributed by atoms with van der Waals surface area (Å²) in [7, 11) is 0. The molecule has 0 saturated heterocycles. The van der Waals surface area contributed by atoms with Gasteiger partial charge >= 0.3 is 0 Å². The lowest BCUT2D eigenvalue weighted by Crippen LogP contribution is -2.39. The highest BCUT2D eigenvalue weighted by molar-refractivity contribution is 6.35. The topological polar surface area (TPSA) is 12.0 Å². The minimum Gasteiger partial charge on any atom is -0.308 e. The van der Waals surface area contributed by atoms with E-state index in [4.69, 9.17) is 34.8 Å². The maximum atomic E-state index is 6.08. The fourth-order valence-electron chi connectivity index (χ4n) is 1.35. The fourth-order valence-corrected chi connectivity index (χ4v) is 2.36. The largest absolute Gasteiger partial charge is 0.308 e. The number of hydrogen-bond donors (Lipinski definition) is 1. The number of halogens is 3. The van der Waals surface area contributed by atoms with E-state index in [1.807, 2.05) is 18.2 Å². The second kappa shape index (κ2) is 6.11. The molecule has 0 radical (unpaired) electrons. The molecule has 1 N–H and O–H groups in total. The first-order chi connectivity index (χ1) is 7.46. The highest BCUT2D eigenvalue weighted by Crippen LogP contribution is 2.24. The molecule has 0 aliphatic rings. The second-order valence-electron chi connectivity index (χ2n) is 4.38. The molecule has 1 nitrogen and oxygen atoms in total. The molecule has 0 unspecified atom stereocenters. The Morgan fingerprint density at radius 3 is 2.25 bits per heavy atom. The van der Waals surface area contributed by atoms with Crippen LogP contribution in [-0.2, 0) is 6.54 Å². The van der Waals surface area contributed by atoms with Crippen LogP contribution in [0.1, 0.15) is 25.8 Å². The van der Waals surface area contributed by atoms with E-state index in [0.717, 1.165) is 12.0 Å². The molecular formula is C12H16Cl3N. The van der Waals surface area contributed by atoms with E-state index in [1.54, 1.807) is 0 Å². The van der Waals surface area contributed by atoms with Crippen LogP contribution in [0.4, 0.5) is 0 Å². The van der Waals surface area contributed by atoms with Crippen molar-refractivity contribution in [1.29, 1.82) is 0 Å². The van der Waals surface area contributed by atoms with Gasteiger partial charge < -0.3 is 5.32 Å². The summed E-state index contributed by atoms with van der Waals surface area (Å²) in [5.74, 6) is 0.635. The third kappa shape index (κ3) is 4.14. The first-order valence-electron chi connectivity index (χ1n) is 5.20. The van der Waals surface area contributed by atoms with E-state index >= 15 is 0 Å². The Labute approximate surface area is 112 Å². The number of hydrogen-bond acceptors (Lipinski definition) is 1. The molecule has 16 heavy (non-hydrogen) atoms. The SMILES string of the molecule is CC(C)(CCCl)NCc1c(Cl)cccc1Cl. The standard InChI is InChI=1S/C12H16Cl3N/c1-12(2,6-7-13)16-8-9-10(14)4-3-5-11(9)15/h3-5,16H,6-8H2,1-2H3. The van der Waals surface area contributed by atoms with Crippen LogP contribution in [0.5, 0.6) is 0 Å². The van der Waals surface area contributed by atoms with Crippen molar-refractivity contribution < 1.29 is 0 Å². The Kier molecular flexibility index (Phi) is 5.39. The van der Waals surface area contributed by atoms with E-state index in [0.29, 0.717) is 22.5 Å². The van der Waals surface area contributed by atoms with Crippen molar-refractivity contribution in [1.82, 2.24) is 5.32 Å². The third-order valence-electron chi connectivity index (χ3n) is 2.52. The molecule has 4 heteroatoms. The lowest BCUT2D eigenvalue weighted by Gasteiger charge is -2.26. The number of rotatable bonds is 5. The van der Waals surface area contributed by atoms with E-state index in [2.05, 4.69) is 19.2 Å². The summed E-state index contributed by atoms with van der Waals surface area (Å²) in [6.07, 6.45) is 0.899. The molecule has 1 aromatic rings. The van der Waals surface area contributed by atoms with Crippen LogP contribution < -0.4 is 5.32 Å². The highest BCUT2D eigenvalue weighted by atomic mass is 35.5. The molecule has 90 valence electrons. The van der Waals surface area contributed by atoms with E-state index in [-0.39, 0.29) is 5.54 Å². The summed E-state index contributed by atoms with van der Waals surface area (Å²) in [4.78, 5) is 0. The minimum absolute atomic E-state index is 0.00967. The second-order valence-corrected chi connectivity index (χ2v) is 5.57. The summed E-state index contributed by atoms with van der Waals surface area (Å²) in [5.41, 5.74) is 0.929. The maximum Gasteiger partial charge on any atom is 0.0465 e. The zero-order chi connectivity index (χ0) is 12.2. The van der Waals surface area contributed by atoms with Crippen LogP contribution in [0.3, 0.4) is 0 Å². The highest BCUT2D eigenvalue weighted by Gasteiger charge is 2.17. The van der Waals surface area contributed by atoms with Gasteiger partial charge in [-0.05, 0) is 32.4 Å². The Morgan fingerprint density at radius 2 is 1.75 bits per heavy atom. The number of benzene rings is 1. The Balaban J connectivity index is 2.68. The zero-order valence-electron chi connectivity index (χ0n) is 9.49. The van der Waals surface area contributed by atoms with Crippen molar-refractivity contribution in [2.24, 2.45) is 0 Å². The monoisotopic (exact) mass is 279 g/mol. The van der Waals surface area contributed by atoms with Crippen molar-refractivity contribution in [3.8, 4) is 0 Å². The van der Waals surface area contributed by atoms with E-state index < -0.39 is 0 Å². The normalized spacial score (nSPS) is 11.8. The van der Waals surface area contributed by atoms with Gasteiger partial charge in [-0.25, -0.2) is 0 Å². The number of nitrogens with one attached hydrogen (secondary N) is 1. The first-order valence-corrected chi connectivity index (χ1v) is 6.49. The molecule has 0 aliphatic heterocycles. The van der Waals surface area contributed by atoms with Crippen LogP contribution in [0.25, 0.3) is 0 Å². The van der Waals surface area contributed by atoms with Crippen molar-refractivity contribution in [2.45, 2.75) is 32.4 Å². The lowest BCUT2D eigenvalue weighted by molar-refractivity contribution is 0.376. The molecule has 0 saturated carbocycles. The third-order valence-corrected chi connectivity index (χ3v) is 3.42. The van der Waals surface area contributed by atoms with Crippen LogP contribution in [0, 0.1) is 0 Å². The Hall–Kier alpha value is 0.0500. The van der Waals surface area contributed by atoms with Crippen molar-refractivity contribution in [3.05, 3.63) is 33.8 Å². The van der Waals surface area contributed by atoms with Gasteiger partial charge in [-0.1, -0.05) is 29.3 Å². The molecule has 0 atom stereocenters. The molecule has 0 bridgehead atoms. The number of alkyl halides is 1. The van der Waals surface area contributed by atoms with Gasteiger partial charge in [0.1, 0.15) is 0 Å². The van der Waals surface area contributed by atoms with Crippen molar-refractivity contribution in [3.63, 3.8) is 0 Å². The van der Waals surface area contributed by atoms with Gasteiger partial charge in [-0.2, -0.15) is 0 Å². The maximum absolute atomic E-state index is 6.08. The summed E-state index contributed by atoms with van der Waals surface area (Å²) >= 11 is 17.9. The van der Waals surface area contributed by atoms with Crippen LogP contribution in [0.2, 0.25) is 10.0 Å². The van der Waals surface area contributed by atoms with Gasteiger partial charge in [0.15, 0.2) is 0 Å². The zero-order valence-corrected chi connectivity index (χ0v) is 11.8. The van der Waals surface area contributed by atoms with Gasteiger partial charge in [0, 0.05) is 33.6 Å². The fraction of sp³-hybridized carbons (Fsp3) is 0.500. The Morgan fingerprint density at radius 1 is 1.19 bits per heavy atom. The predicted molar refractivity (Wildman–Crippen MR) is 72.7 cm³/mol. The summed E-state index contributed by atoms with van der Waals surface area (Å²) in [6.45, 7) is 4.88. The van der Waals surface area contributed by atoms with Gasteiger partial charge in [0.05, 0.1) is 0 Å². The molecular weight excluding hydrogens is 264 g/mol. The van der Waals surface area contributed by atoms with E-state index in [1.165, 1.54) is 0 Å². The van der Waals surface area contributed by atoms with Crippen LogP contribution in [0.15, 0.2) is 18.2 Å². The molecule has 1 aromatic carbocycles. The average molecular weight is 281 g/mol. The lowest BCUT2D eigenvalue weighted by atomic mass is 10.0. The minimum atomic E-state index is -0.00967. The molecule has 0 fully saturated rings. The molecule has 0 aromatic heterocycles. The van der Waals surface area contributed by atoms with Gasteiger partial charge in [0.25, 0.3) is 0 Å².